The van der Waals surface area contributed by atoms with Crippen molar-refractivity contribution in [1.29, 1.82) is 0 Å². The van der Waals surface area contributed by atoms with Gasteiger partial charge in [0.05, 0.1) is 13.2 Å². The number of nitrogens with one attached hydrogen (secondary N) is 2. The van der Waals surface area contributed by atoms with E-state index in [4.69, 9.17) is 4.74 Å². The molecule has 1 saturated carbocycles. The second-order valence-electron chi connectivity index (χ2n) is 9.20. The number of piperazine rings is 1. The van der Waals surface area contributed by atoms with Crippen LogP contribution in [0.5, 0.6) is 5.75 Å². The summed E-state index contributed by atoms with van der Waals surface area (Å²) >= 11 is 0. The Hall–Kier alpha value is -3.06. The highest BCUT2D eigenvalue weighted by Crippen LogP contribution is 2.31. The molecule has 0 aromatic heterocycles. The van der Waals surface area contributed by atoms with Gasteiger partial charge in [-0.05, 0) is 55.0 Å². The summed E-state index contributed by atoms with van der Waals surface area (Å²) in [5, 5.41) is 6.16. The van der Waals surface area contributed by atoms with Crippen LogP contribution in [0.15, 0.2) is 54.6 Å². The summed E-state index contributed by atoms with van der Waals surface area (Å²) in [5.41, 5.74) is 1.98. The van der Waals surface area contributed by atoms with Crippen molar-refractivity contribution in [2.75, 3.05) is 45.2 Å². The largest absolute Gasteiger partial charge is 0.497 e. The summed E-state index contributed by atoms with van der Waals surface area (Å²) in [6.45, 7) is 3.30. The highest BCUT2D eigenvalue weighted by molar-refractivity contribution is 5.89. The summed E-state index contributed by atoms with van der Waals surface area (Å²) in [6, 6.07) is 17.4. The fourth-order valence-corrected chi connectivity index (χ4v) is 5.11. The number of nitrogens with zero attached hydrogens (tertiary/aromatic N) is 2. The van der Waals surface area contributed by atoms with Crippen LogP contribution in [-0.2, 0) is 11.2 Å². The van der Waals surface area contributed by atoms with E-state index in [0.29, 0.717) is 38.6 Å². The van der Waals surface area contributed by atoms with E-state index in [2.05, 4.69) is 27.7 Å². The van der Waals surface area contributed by atoms with Crippen molar-refractivity contribution >= 4 is 17.6 Å². The zero-order chi connectivity index (χ0) is 23.8. The first-order valence-corrected chi connectivity index (χ1v) is 12.4. The first kappa shape index (κ1) is 24.1. The minimum Gasteiger partial charge on any atom is -0.497 e. The molecule has 1 heterocycles. The summed E-state index contributed by atoms with van der Waals surface area (Å²) in [6.07, 6.45) is 5.44. The van der Waals surface area contributed by atoms with Crippen molar-refractivity contribution in [2.45, 2.75) is 38.1 Å². The summed E-state index contributed by atoms with van der Waals surface area (Å²) in [5.74, 6) is 1.29. The lowest BCUT2D eigenvalue weighted by atomic mass is 9.95. The molecule has 0 unspecified atom stereocenters. The molecule has 1 saturated heterocycles. The number of benzene rings is 2. The van der Waals surface area contributed by atoms with E-state index in [0.717, 1.165) is 30.7 Å². The van der Waals surface area contributed by atoms with Gasteiger partial charge in [-0.15, -0.1) is 0 Å². The Bertz CT molecular complexity index is 921. The Morgan fingerprint density at radius 3 is 2.29 bits per heavy atom. The van der Waals surface area contributed by atoms with Crippen LogP contribution in [0.1, 0.15) is 31.2 Å². The minimum absolute atomic E-state index is 0.102. The van der Waals surface area contributed by atoms with E-state index in [-0.39, 0.29) is 18.0 Å². The Kier molecular flexibility index (Phi) is 8.41. The van der Waals surface area contributed by atoms with Gasteiger partial charge in [0, 0.05) is 38.4 Å². The van der Waals surface area contributed by atoms with Crippen LogP contribution in [0, 0.1) is 5.92 Å². The van der Waals surface area contributed by atoms with Gasteiger partial charge in [-0.3, -0.25) is 9.69 Å². The quantitative estimate of drug-likeness (QED) is 0.624. The Morgan fingerprint density at radius 1 is 0.971 bits per heavy atom. The Labute approximate surface area is 202 Å². The molecule has 2 fully saturated rings. The predicted molar refractivity (Wildman–Crippen MR) is 134 cm³/mol. The van der Waals surface area contributed by atoms with Gasteiger partial charge in [-0.2, -0.15) is 0 Å². The number of hydrogen-bond acceptors (Lipinski definition) is 4. The van der Waals surface area contributed by atoms with Gasteiger partial charge in [0.25, 0.3) is 0 Å². The minimum atomic E-state index is -0.106. The van der Waals surface area contributed by atoms with Crippen LogP contribution in [0.3, 0.4) is 0 Å². The number of methoxy groups -OCH3 is 1. The van der Waals surface area contributed by atoms with Crippen molar-refractivity contribution in [3.05, 3.63) is 60.2 Å². The van der Waals surface area contributed by atoms with Crippen molar-refractivity contribution in [3.63, 3.8) is 0 Å². The molecule has 0 spiro atoms. The Balaban J connectivity index is 1.30. The molecule has 7 nitrogen and oxygen atoms in total. The molecular formula is C27H36N4O3. The molecule has 1 aliphatic heterocycles. The zero-order valence-electron chi connectivity index (χ0n) is 20.0. The molecule has 2 aromatic carbocycles. The standard InChI is InChI=1S/C27H36N4O3/c1-34-24-13-11-23(12-14-24)29-27(33)31-19-17-30(18-20-31)25(22-9-5-6-10-22)26(32)28-16-15-21-7-3-2-4-8-21/h2-4,7-8,11-14,22,25H,5-6,9-10,15-20H2,1H3,(H,28,32)(H,29,33)/t25-/m0/s1. The molecule has 3 amide bonds. The molecule has 2 aromatic rings. The number of carbonyl (C=O) groups is 2. The van der Waals surface area contributed by atoms with E-state index in [1.54, 1.807) is 7.11 Å². The fourth-order valence-electron chi connectivity index (χ4n) is 5.11. The van der Waals surface area contributed by atoms with Crippen LogP contribution in [0.2, 0.25) is 0 Å². The number of carbonyl (C=O) groups excluding carboxylic acids is 2. The van der Waals surface area contributed by atoms with Crippen LogP contribution < -0.4 is 15.4 Å². The first-order valence-electron chi connectivity index (χ1n) is 12.4. The van der Waals surface area contributed by atoms with Crippen LogP contribution in [-0.4, -0.2) is 67.6 Å². The second kappa shape index (κ2) is 11.9. The maximum atomic E-state index is 13.3. The summed E-state index contributed by atoms with van der Waals surface area (Å²) in [7, 11) is 1.62. The number of anilines is 1. The molecule has 7 heteroatoms. The van der Waals surface area contributed by atoms with Gasteiger partial charge in [0.1, 0.15) is 5.75 Å². The third-order valence-electron chi connectivity index (χ3n) is 7.01. The molecule has 182 valence electrons. The maximum Gasteiger partial charge on any atom is 0.321 e. The molecule has 0 bridgehead atoms. The monoisotopic (exact) mass is 464 g/mol. The summed E-state index contributed by atoms with van der Waals surface area (Å²) < 4.78 is 5.17. The molecule has 1 aliphatic carbocycles. The van der Waals surface area contributed by atoms with Gasteiger partial charge >= 0.3 is 6.03 Å². The van der Waals surface area contributed by atoms with Crippen molar-refractivity contribution in [1.82, 2.24) is 15.1 Å². The smallest absolute Gasteiger partial charge is 0.321 e. The molecule has 2 aliphatic rings. The van der Waals surface area contributed by atoms with E-state index in [1.807, 2.05) is 47.4 Å². The van der Waals surface area contributed by atoms with E-state index >= 15 is 0 Å². The molecule has 1 atom stereocenters. The van der Waals surface area contributed by atoms with Crippen molar-refractivity contribution < 1.29 is 14.3 Å². The van der Waals surface area contributed by atoms with Gasteiger partial charge in [0.2, 0.25) is 5.91 Å². The number of rotatable bonds is 8. The number of hydrogen-bond donors (Lipinski definition) is 2. The SMILES string of the molecule is COc1ccc(NC(=O)N2CCN([C@H](C(=O)NCCc3ccccc3)C3CCCC3)CC2)cc1. The number of ether oxygens (including phenoxy) is 1. The van der Waals surface area contributed by atoms with Gasteiger partial charge in [-0.1, -0.05) is 43.2 Å². The van der Waals surface area contributed by atoms with Crippen LogP contribution in [0.25, 0.3) is 0 Å². The second-order valence-corrected chi connectivity index (χ2v) is 9.20. The van der Waals surface area contributed by atoms with Crippen LogP contribution >= 0.6 is 0 Å². The van der Waals surface area contributed by atoms with Gasteiger partial charge in [0.15, 0.2) is 0 Å². The predicted octanol–water partition coefficient (Wildman–Crippen LogP) is 3.76. The van der Waals surface area contributed by atoms with E-state index in [9.17, 15) is 9.59 Å². The molecule has 0 radical (unpaired) electrons. The van der Waals surface area contributed by atoms with Crippen LogP contribution in [0.4, 0.5) is 10.5 Å². The highest BCUT2D eigenvalue weighted by atomic mass is 16.5. The van der Waals surface area contributed by atoms with E-state index < -0.39 is 0 Å². The summed E-state index contributed by atoms with van der Waals surface area (Å²) in [4.78, 5) is 30.2. The van der Waals surface area contributed by atoms with Crippen molar-refractivity contribution in [3.8, 4) is 5.75 Å². The Morgan fingerprint density at radius 2 is 1.65 bits per heavy atom. The van der Waals surface area contributed by atoms with Gasteiger partial charge in [-0.25, -0.2) is 4.79 Å². The molecule has 4 rings (SSSR count). The normalized spacial score (nSPS) is 17.9. The molecule has 34 heavy (non-hydrogen) atoms. The average Bonchev–Trinajstić information content (AvgIpc) is 3.40. The van der Waals surface area contributed by atoms with Gasteiger partial charge < -0.3 is 20.3 Å². The zero-order valence-corrected chi connectivity index (χ0v) is 20.0. The van der Waals surface area contributed by atoms with Crippen molar-refractivity contribution in [2.24, 2.45) is 5.92 Å². The third kappa shape index (κ3) is 6.29. The lowest BCUT2D eigenvalue weighted by Crippen LogP contribution is -2.58. The number of urea groups is 1. The molecule has 2 N–H and O–H groups in total. The fraction of sp³-hybridized carbons (Fsp3) is 0.481. The lowest BCUT2D eigenvalue weighted by Gasteiger charge is -2.40. The number of amides is 3. The first-order chi connectivity index (χ1) is 16.6. The third-order valence-corrected chi connectivity index (χ3v) is 7.01. The molecular weight excluding hydrogens is 428 g/mol. The topological polar surface area (TPSA) is 73.9 Å². The average molecular weight is 465 g/mol. The highest BCUT2D eigenvalue weighted by Gasteiger charge is 2.37. The maximum absolute atomic E-state index is 13.3. The lowest BCUT2D eigenvalue weighted by molar-refractivity contribution is -0.129. The van der Waals surface area contributed by atoms with E-state index in [1.165, 1.54) is 18.4 Å².